The van der Waals surface area contributed by atoms with Crippen LogP contribution in [-0.4, -0.2) is 36.3 Å². The molecule has 51 heavy (non-hydrogen) atoms. The molecule has 0 bridgehead atoms. The second kappa shape index (κ2) is 43.3. The van der Waals surface area contributed by atoms with Crippen molar-refractivity contribution < 1.29 is 9.59 Å². The fraction of sp³-hybridized carbons (Fsp3) is 0.957. The average molecular weight is 719 g/mol. The summed E-state index contributed by atoms with van der Waals surface area (Å²) >= 11 is 0. The van der Waals surface area contributed by atoms with E-state index in [-0.39, 0.29) is 5.91 Å². The number of amides is 2. The van der Waals surface area contributed by atoms with Gasteiger partial charge in [0.1, 0.15) is 0 Å². The van der Waals surface area contributed by atoms with Gasteiger partial charge in [0.2, 0.25) is 11.8 Å². The molecule has 0 aromatic rings. The molecule has 0 unspecified atom stereocenters. The highest BCUT2D eigenvalue weighted by atomic mass is 16.2. The molecule has 0 fully saturated rings. The van der Waals surface area contributed by atoms with Gasteiger partial charge < -0.3 is 10.2 Å². The fourth-order valence-corrected chi connectivity index (χ4v) is 7.47. The van der Waals surface area contributed by atoms with Gasteiger partial charge in [0.25, 0.3) is 0 Å². The van der Waals surface area contributed by atoms with Crippen LogP contribution in [0.5, 0.6) is 0 Å². The van der Waals surface area contributed by atoms with Crippen LogP contribution in [0.2, 0.25) is 0 Å². The average Bonchev–Trinajstić information content (AvgIpc) is 3.13. The molecular weight excluding hydrogens is 625 g/mol. The first-order valence-corrected chi connectivity index (χ1v) is 23.7. The van der Waals surface area contributed by atoms with Crippen LogP contribution in [0.3, 0.4) is 0 Å². The zero-order valence-electron chi connectivity index (χ0n) is 35.5. The summed E-state index contributed by atoms with van der Waals surface area (Å²) in [7, 11) is 0. The molecule has 0 spiro atoms. The van der Waals surface area contributed by atoms with Gasteiger partial charge in [-0.15, -0.1) is 0 Å². The Morgan fingerprint density at radius 3 is 0.941 bits per heavy atom. The Hall–Kier alpha value is -1.06. The molecule has 0 atom stereocenters. The predicted octanol–water partition coefficient (Wildman–Crippen LogP) is 15.2. The summed E-state index contributed by atoms with van der Waals surface area (Å²) in [4.78, 5) is 27.6. The highest BCUT2D eigenvalue weighted by molar-refractivity contribution is 5.77. The molecule has 0 aromatic heterocycles. The minimum Gasteiger partial charge on any atom is -0.356 e. The third kappa shape index (κ3) is 40.0. The minimum atomic E-state index is 0.150. The van der Waals surface area contributed by atoms with E-state index >= 15 is 0 Å². The van der Waals surface area contributed by atoms with E-state index in [0.717, 1.165) is 51.7 Å². The third-order valence-electron chi connectivity index (χ3n) is 11.1. The predicted molar refractivity (Wildman–Crippen MR) is 227 cm³/mol. The van der Waals surface area contributed by atoms with E-state index < -0.39 is 0 Å². The highest BCUT2D eigenvalue weighted by Gasteiger charge is 2.13. The lowest BCUT2D eigenvalue weighted by Gasteiger charge is -2.23. The van der Waals surface area contributed by atoms with E-state index in [9.17, 15) is 9.59 Å². The van der Waals surface area contributed by atoms with Gasteiger partial charge in [-0.3, -0.25) is 9.59 Å². The van der Waals surface area contributed by atoms with Gasteiger partial charge in [-0.25, -0.2) is 0 Å². The van der Waals surface area contributed by atoms with E-state index in [0.29, 0.717) is 18.7 Å². The summed E-state index contributed by atoms with van der Waals surface area (Å²) < 4.78 is 0. The first kappa shape index (κ1) is 49.9. The topological polar surface area (TPSA) is 49.4 Å². The molecule has 0 aromatic carbocycles. The molecule has 4 heteroatoms. The van der Waals surface area contributed by atoms with E-state index in [2.05, 4.69) is 31.0 Å². The van der Waals surface area contributed by atoms with E-state index in [1.807, 2.05) is 0 Å². The Balaban J connectivity index is 4.09. The molecule has 304 valence electrons. The van der Waals surface area contributed by atoms with Crippen LogP contribution in [0.4, 0.5) is 0 Å². The Morgan fingerprint density at radius 1 is 0.333 bits per heavy atom. The van der Waals surface area contributed by atoms with Crippen LogP contribution in [0.1, 0.15) is 271 Å². The van der Waals surface area contributed by atoms with Gasteiger partial charge in [0.15, 0.2) is 0 Å². The lowest BCUT2D eigenvalue weighted by atomic mass is 10.0. The van der Waals surface area contributed by atoms with Gasteiger partial charge >= 0.3 is 0 Å². The highest BCUT2D eigenvalue weighted by Crippen LogP contribution is 2.16. The Bertz CT molecular complexity index is 660. The maximum Gasteiger partial charge on any atom is 0.222 e. The Labute approximate surface area is 321 Å². The molecule has 0 saturated carbocycles. The molecular formula is C47H94N2O2. The number of carbonyl (C=O) groups is 2. The Morgan fingerprint density at radius 2 is 0.608 bits per heavy atom. The first-order chi connectivity index (χ1) is 25.2. The largest absolute Gasteiger partial charge is 0.356 e. The van der Waals surface area contributed by atoms with Crippen LogP contribution in [-0.2, 0) is 9.59 Å². The van der Waals surface area contributed by atoms with E-state index in [1.165, 1.54) is 205 Å². The summed E-state index contributed by atoms with van der Waals surface area (Å²) in [6.45, 7) is 9.41. The summed E-state index contributed by atoms with van der Waals surface area (Å²) in [5.41, 5.74) is 0. The van der Waals surface area contributed by atoms with Gasteiger partial charge in [0, 0.05) is 32.5 Å². The van der Waals surface area contributed by atoms with Gasteiger partial charge in [-0.1, -0.05) is 226 Å². The summed E-state index contributed by atoms with van der Waals surface area (Å²) in [6.07, 6.45) is 50.4. The van der Waals surface area contributed by atoms with Crippen molar-refractivity contribution in [3.05, 3.63) is 0 Å². The van der Waals surface area contributed by atoms with Crippen molar-refractivity contribution in [2.75, 3.05) is 19.6 Å². The zero-order chi connectivity index (χ0) is 37.1. The number of carbonyl (C=O) groups excluding carboxylic acids is 2. The molecule has 0 aliphatic heterocycles. The van der Waals surface area contributed by atoms with Crippen molar-refractivity contribution >= 4 is 11.8 Å². The summed E-state index contributed by atoms with van der Waals surface area (Å²) in [5, 5.41) is 3.04. The van der Waals surface area contributed by atoms with E-state index in [1.54, 1.807) is 0 Å². The van der Waals surface area contributed by atoms with Crippen molar-refractivity contribution in [3.8, 4) is 0 Å². The molecule has 0 heterocycles. The maximum absolute atomic E-state index is 13.2. The second-order valence-corrected chi connectivity index (χ2v) is 16.3. The standard InChI is InChI=1S/C47H94N2O2/c1-4-7-10-12-14-16-18-20-22-24-26-28-30-32-34-39-44-49(47(51)42-37-36-41-46(50)48-43-38-9-6-3)45-40-35-33-31-29-27-25-23-21-19-17-15-13-11-8-5-2/h4-45H2,1-3H3,(H,48,50). The third-order valence-corrected chi connectivity index (χ3v) is 11.1. The van der Waals surface area contributed by atoms with Crippen molar-refractivity contribution in [2.45, 2.75) is 271 Å². The lowest BCUT2D eigenvalue weighted by molar-refractivity contribution is -0.131. The number of unbranched alkanes of at least 4 members (excludes halogenated alkanes) is 33. The van der Waals surface area contributed by atoms with Crippen LogP contribution in [0.15, 0.2) is 0 Å². The number of nitrogens with zero attached hydrogens (tertiary/aromatic N) is 1. The maximum atomic E-state index is 13.2. The minimum absolute atomic E-state index is 0.150. The summed E-state index contributed by atoms with van der Waals surface area (Å²) in [6, 6.07) is 0. The normalized spacial score (nSPS) is 11.4. The second-order valence-electron chi connectivity index (χ2n) is 16.3. The monoisotopic (exact) mass is 719 g/mol. The molecule has 0 aliphatic rings. The quantitative estimate of drug-likeness (QED) is 0.0638. The molecule has 1 N–H and O–H groups in total. The van der Waals surface area contributed by atoms with Crippen molar-refractivity contribution in [2.24, 2.45) is 0 Å². The van der Waals surface area contributed by atoms with Crippen LogP contribution < -0.4 is 5.32 Å². The fourth-order valence-electron chi connectivity index (χ4n) is 7.47. The molecule has 0 saturated heterocycles. The number of rotatable bonds is 43. The molecule has 0 radical (unpaired) electrons. The number of nitrogens with one attached hydrogen (secondary N) is 1. The SMILES string of the molecule is CCCCCCCCCCCCCCCCCCN(CCCCCCCCCCCCCCCCCC)C(=O)CCCCC(=O)NCCCCC. The smallest absolute Gasteiger partial charge is 0.222 e. The van der Waals surface area contributed by atoms with Gasteiger partial charge in [-0.2, -0.15) is 0 Å². The molecule has 0 rings (SSSR count). The Kier molecular flexibility index (Phi) is 42.4. The van der Waals surface area contributed by atoms with Gasteiger partial charge in [0.05, 0.1) is 0 Å². The molecule has 0 aliphatic carbocycles. The summed E-state index contributed by atoms with van der Waals surface area (Å²) in [5.74, 6) is 0.469. The van der Waals surface area contributed by atoms with Gasteiger partial charge in [-0.05, 0) is 32.1 Å². The van der Waals surface area contributed by atoms with Crippen molar-refractivity contribution in [1.29, 1.82) is 0 Å². The van der Waals surface area contributed by atoms with Crippen LogP contribution in [0, 0.1) is 0 Å². The van der Waals surface area contributed by atoms with Crippen LogP contribution >= 0.6 is 0 Å². The molecule has 4 nitrogen and oxygen atoms in total. The first-order valence-electron chi connectivity index (χ1n) is 23.7. The number of hydrogen-bond acceptors (Lipinski definition) is 2. The number of hydrogen-bond donors (Lipinski definition) is 1. The van der Waals surface area contributed by atoms with Crippen LogP contribution in [0.25, 0.3) is 0 Å². The van der Waals surface area contributed by atoms with Crippen molar-refractivity contribution in [1.82, 2.24) is 10.2 Å². The van der Waals surface area contributed by atoms with Crippen molar-refractivity contribution in [3.63, 3.8) is 0 Å². The lowest BCUT2D eigenvalue weighted by Crippen LogP contribution is -2.33. The zero-order valence-corrected chi connectivity index (χ0v) is 35.5. The van der Waals surface area contributed by atoms with E-state index in [4.69, 9.17) is 0 Å². The molecule has 2 amide bonds.